The van der Waals surface area contributed by atoms with Gasteiger partial charge in [-0.25, -0.2) is 0 Å². The molecule has 0 radical (unpaired) electrons. The van der Waals surface area contributed by atoms with E-state index in [0.717, 1.165) is 12.8 Å². The van der Waals surface area contributed by atoms with Crippen molar-refractivity contribution in [1.29, 1.82) is 0 Å². The molecule has 18 heavy (non-hydrogen) atoms. The number of aliphatic hydroxyl groups excluding tert-OH is 1. The van der Waals surface area contributed by atoms with E-state index in [9.17, 15) is 5.11 Å². The van der Waals surface area contributed by atoms with Crippen LogP contribution in [0, 0.1) is 11.3 Å². The third-order valence-electron chi connectivity index (χ3n) is 3.95. The molecule has 4 heteroatoms. The predicted molar refractivity (Wildman–Crippen MR) is 70.0 cm³/mol. The zero-order valence-electron chi connectivity index (χ0n) is 12.1. The molecular weight excluding hydrogens is 230 g/mol. The normalized spacial score (nSPS) is 43.8. The predicted octanol–water partition coefficient (Wildman–Crippen LogP) is 1.65. The Hall–Kier alpha value is -0.160. The fourth-order valence-electron chi connectivity index (χ4n) is 3.20. The molecule has 0 aromatic heterocycles. The summed E-state index contributed by atoms with van der Waals surface area (Å²) >= 11 is 0. The number of ether oxygens (including phenoxy) is 2. The standard InChI is InChI=1S/C14H27NO3/c1-13(2,3)18-12-10(15)11(16)8-6-14(4,5)7-9(8)17-12/h8-12,16H,6-7,15H2,1-5H3. The van der Waals surface area contributed by atoms with Gasteiger partial charge in [-0.05, 0) is 39.0 Å². The molecule has 5 unspecified atom stereocenters. The van der Waals surface area contributed by atoms with Crippen LogP contribution < -0.4 is 5.73 Å². The lowest BCUT2D eigenvalue weighted by Crippen LogP contribution is -2.59. The van der Waals surface area contributed by atoms with Crippen molar-refractivity contribution in [3.63, 3.8) is 0 Å². The fourth-order valence-corrected chi connectivity index (χ4v) is 3.20. The van der Waals surface area contributed by atoms with Crippen LogP contribution in [0.3, 0.4) is 0 Å². The first kappa shape index (κ1) is 14.3. The number of rotatable bonds is 1. The summed E-state index contributed by atoms with van der Waals surface area (Å²) in [6.45, 7) is 10.3. The Kier molecular flexibility index (Phi) is 3.52. The van der Waals surface area contributed by atoms with Crippen molar-refractivity contribution in [2.24, 2.45) is 17.1 Å². The van der Waals surface area contributed by atoms with Gasteiger partial charge in [0.2, 0.25) is 0 Å². The van der Waals surface area contributed by atoms with Crippen LogP contribution in [0.25, 0.3) is 0 Å². The van der Waals surface area contributed by atoms with Gasteiger partial charge in [0, 0.05) is 5.92 Å². The maximum absolute atomic E-state index is 10.4. The smallest absolute Gasteiger partial charge is 0.176 e. The summed E-state index contributed by atoms with van der Waals surface area (Å²) in [5, 5.41) is 10.4. The van der Waals surface area contributed by atoms with Crippen molar-refractivity contribution in [2.45, 2.75) is 77.6 Å². The molecule has 2 aliphatic rings. The zero-order valence-corrected chi connectivity index (χ0v) is 12.1. The number of hydrogen-bond donors (Lipinski definition) is 2. The van der Waals surface area contributed by atoms with E-state index in [1.54, 1.807) is 0 Å². The van der Waals surface area contributed by atoms with Gasteiger partial charge >= 0.3 is 0 Å². The van der Waals surface area contributed by atoms with Crippen molar-refractivity contribution in [3.8, 4) is 0 Å². The minimum atomic E-state index is -0.530. The third-order valence-corrected chi connectivity index (χ3v) is 3.95. The van der Waals surface area contributed by atoms with E-state index in [1.807, 2.05) is 20.8 Å². The molecular formula is C14H27NO3. The van der Waals surface area contributed by atoms with E-state index in [1.165, 1.54) is 0 Å². The average Bonchev–Trinajstić information content (AvgIpc) is 2.47. The third kappa shape index (κ3) is 2.87. The zero-order chi connectivity index (χ0) is 13.7. The fraction of sp³-hybridized carbons (Fsp3) is 1.00. The van der Waals surface area contributed by atoms with Gasteiger partial charge in [-0.15, -0.1) is 0 Å². The Morgan fingerprint density at radius 1 is 1.28 bits per heavy atom. The molecule has 1 heterocycles. The quantitative estimate of drug-likeness (QED) is 0.749. The van der Waals surface area contributed by atoms with Crippen LogP contribution >= 0.6 is 0 Å². The highest BCUT2D eigenvalue weighted by Crippen LogP contribution is 2.47. The summed E-state index contributed by atoms with van der Waals surface area (Å²) in [7, 11) is 0. The van der Waals surface area contributed by atoms with E-state index in [-0.39, 0.29) is 23.0 Å². The van der Waals surface area contributed by atoms with Crippen molar-refractivity contribution < 1.29 is 14.6 Å². The maximum Gasteiger partial charge on any atom is 0.176 e. The first-order chi connectivity index (χ1) is 8.09. The van der Waals surface area contributed by atoms with Gasteiger partial charge in [-0.3, -0.25) is 0 Å². The van der Waals surface area contributed by atoms with Crippen LogP contribution in [-0.2, 0) is 9.47 Å². The van der Waals surface area contributed by atoms with E-state index < -0.39 is 18.4 Å². The van der Waals surface area contributed by atoms with Crippen molar-refractivity contribution in [2.75, 3.05) is 0 Å². The lowest BCUT2D eigenvalue weighted by atomic mass is 9.86. The second kappa shape index (κ2) is 4.44. The lowest BCUT2D eigenvalue weighted by molar-refractivity contribution is -0.269. The molecule has 1 aliphatic heterocycles. The Morgan fingerprint density at radius 3 is 2.44 bits per heavy atom. The molecule has 4 nitrogen and oxygen atoms in total. The molecule has 0 aromatic carbocycles. The summed E-state index contributed by atoms with van der Waals surface area (Å²) in [5.74, 6) is 0.148. The highest BCUT2D eigenvalue weighted by Gasteiger charge is 2.51. The number of aliphatic hydroxyl groups is 1. The van der Waals surface area contributed by atoms with Gasteiger partial charge < -0.3 is 20.3 Å². The molecule has 2 rings (SSSR count). The maximum atomic E-state index is 10.4. The number of nitrogens with two attached hydrogens (primary N) is 1. The van der Waals surface area contributed by atoms with Gasteiger partial charge in [0.1, 0.15) is 0 Å². The van der Waals surface area contributed by atoms with Gasteiger partial charge in [-0.2, -0.15) is 0 Å². The van der Waals surface area contributed by atoms with Crippen molar-refractivity contribution in [1.82, 2.24) is 0 Å². The van der Waals surface area contributed by atoms with E-state index in [4.69, 9.17) is 15.2 Å². The highest BCUT2D eigenvalue weighted by molar-refractivity contribution is 5.00. The monoisotopic (exact) mass is 257 g/mol. The van der Waals surface area contributed by atoms with Crippen LogP contribution in [0.1, 0.15) is 47.5 Å². The Bertz CT molecular complexity index is 311. The van der Waals surface area contributed by atoms with Crippen LogP contribution in [0.15, 0.2) is 0 Å². The largest absolute Gasteiger partial charge is 0.391 e. The second-order valence-electron chi connectivity index (χ2n) is 7.58. The summed E-state index contributed by atoms with van der Waals surface area (Å²) in [6, 6.07) is -0.459. The van der Waals surface area contributed by atoms with E-state index in [0.29, 0.717) is 0 Å². The summed E-state index contributed by atoms with van der Waals surface area (Å²) < 4.78 is 11.8. The van der Waals surface area contributed by atoms with Crippen LogP contribution in [0.2, 0.25) is 0 Å². The van der Waals surface area contributed by atoms with E-state index >= 15 is 0 Å². The molecule has 1 saturated heterocycles. The second-order valence-corrected chi connectivity index (χ2v) is 7.58. The first-order valence-electron chi connectivity index (χ1n) is 6.86. The Balaban J connectivity index is 2.10. The number of hydrogen-bond acceptors (Lipinski definition) is 4. The molecule has 1 saturated carbocycles. The molecule has 0 spiro atoms. The molecule has 5 atom stereocenters. The summed E-state index contributed by atoms with van der Waals surface area (Å²) in [5.41, 5.74) is 5.97. The van der Waals surface area contributed by atoms with Crippen LogP contribution in [-0.4, -0.2) is 35.2 Å². The molecule has 2 fully saturated rings. The molecule has 1 aliphatic carbocycles. The van der Waals surface area contributed by atoms with Crippen molar-refractivity contribution >= 4 is 0 Å². The van der Waals surface area contributed by atoms with Gasteiger partial charge in [0.05, 0.1) is 23.9 Å². The summed E-state index contributed by atoms with van der Waals surface area (Å²) in [4.78, 5) is 0. The minimum absolute atomic E-state index is 0.0714. The molecule has 0 amide bonds. The first-order valence-corrected chi connectivity index (χ1v) is 6.86. The Morgan fingerprint density at radius 2 is 1.89 bits per heavy atom. The topological polar surface area (TPSA) is 64.7 Å². The molecule has 106 valence electrons. The molecule has 3 N–H and O–H groups in total. The molecule has 0 aromatic rings. The molecule has 0 bridgehead atoms. The van der Waals surface area contributed by atoms with Crippen LogP contribution in [0.4, 0.5) is 0 Å². The number of fused-ring (bicyclic) bond motifs is 1. The highest BCUT2D eigenvalue weighted by atomic mass is 16.7. The average molecular weight is 257 g/mol. The van der Waals surface area contributed by atoms with Crippen LogP contribution in [0.5, 0.6) is 0 Å². The van der Waals surface area contributed by atoms with E-state index in [2.05, 4.69) is 13.8 Å². The SMILES string of the molecule is CC1(C)CC2OC(OC(C)(C)C)C(N)C(O)C2C1. The van der Waals surface area contributed by atoms with Gasteiger partial charge in [0.25, 0.3) is 0 Å². The van der Waals surface area contributed by atoms with Gasteiger partial charge in [0.15, 0.2) is 6.29 Å². The Labute approximate surface area is 110 Å². The van der Waals surface area contributed by atoms with Gasteiger partial charge in [-0.1, -0.05) is 13.8 Å². The lowest BCUT2D eigenvalue weighted by Gasteiger charge is -2.42. The summed E-state index contributed by atoms with van der Waals surface area (Å²) in [6.07, 6.45) is 0.968. The van der Waals surface area contributed by atoms with Crippen molar-refractivity contribution in [3.05, 3.63) is 0 Å². The minimum Gasteiger partial charge on any atom is -0.391 e.